The molecule has 0 unspecified atom stereocenters. The standard InChI is InChI=1S/C26H32O4/c1-7-28-8-9-29-10-11-30-21-14-19(5)23(20(6)15-21)25-24(26(25)27)22-17(3)12-16(2)13-18(22)4/h12-15H,7-11H2,1-6H3. The smallest absolute Gasteiger partial charge is 0.195 e. The van der Waals surface area contributed by atoms with E-state index >= 15 is 0 Å². The van der Waals surface area contributed by atoms with Gasteiger partial charge in [-0.25, -0.2) is 0 Å². The minimum absolute atomic E-state index is 0.160. The first kappa shape index (κ1) is 22.3. The average molecular weight is 409 g/mol. The highest BCUT2D eigenvalue weighted by Crippen LogP contribution is 2.42. The molecule has 4 heteroatoms. The van der Waals surface area contributed by atoms with Gasteiger partial charge in [0, 0.05) is 17.7 Å². The minimum Gasteiger partial charge on any atom is -0.491 e. The van der Waals surface area contributed by atoms with Crippen LogP contribution in [-0.2, 0) is 9.47 Å². The fourth-order valence-corrected chi connectivity index (χ4v) is 4.21. The molecule has 0 spiro atoms. The third-order valence-corrected chi connectivity index (χ3v) is 5.40. The van der Waals surface area contributed by atoms with Crippen molar-refractivity contribution in [2.24, 2.45) is 0 Å². The summed E-state index contributed by atoms with van der Waals surface area (Å²) in [5.41, 5.74) is 9.66. The van der Waals surface area contributed by atoms with E-state index in [0.29, 0.717) is 33.0 Å². The number of rotatable bonds is 10. The van der Waals surface area contributed by atoms with Gasteiger partial charge in [0.15, 0.2) is 5.43 Å². The fraction of sp³-hybridized carbons (Fsp3) is 0.423. The molecule has 3 aromatic rings. The number of ether oxygens (including phenoxy) is 3. The Morgan fingerprint density at radius 1 is 0.633 bits per heavy atom. The van der Waals surface area contributed by atoms with Crippen molar-refractivity contribution in [2.75, 3.05) is 33.0 Å². The lowest BCUT2D eigenvalue weighted by Gasteiger charge is -2.12. The van der Waals surface area contributed by atoms with Crippen LogP contribution >= 0.6 is 0 Å². The molecule has 0 aromatic heterocycles. The summed E-state index contributed by atoms with van der Waals surface area (Å²) in [6.45, 7) is 15.2. The molecule has 0 fully saturated rings. The Morgan fingerprint density at radius 3 is 1.63 bits per heavy atom. The van der Waals surface area contributed by atoms with Gasteiger partial charge in [-0.3, -0.25) is 4.79 Å². The van der Waals surface area contributed by atoms with Crippen LogP contribution in [0.2, 0.25) is 0 Å². The monoisotopic (exact) mass is 408 g/mol. The summed E-state index contributed by atoms with van der Waals surface area (Å²) in [5, 5.41) is 0. The third-order valence-electron chi connectivity index (χ3n) is 5.40. The summed E-state index contributed by atoms with van der Waals surface area (Å²) < 4.78 is 16.6. The number of hydrogen-bond donors (Lipinski definition) is 0. The quantitative estimate of drug-likeness (QED) is 0.431. The van der Waals surface area contributed by atoms with Gasteiger partial charge in [-0.15, -0.1) is 0 Å². The lowest BCUT2D eigenvalue weighted by molar-refractivity contribution is 0.0405. The van der Waals surface area contributed by atoms with Gasteiger partial charge < -0.3 is 14.2 Å². The van der Waals surface area contributed by atoms with Crippen LogP contribution in [-0.4, -0.2) is 33.0 Å². The molecule has 0 heterocycles. The fourth-order valence-electron chi connectivity index (χ4n) is 4.21. The van der Waals surface area contributed by atoms with Crippen molar-refractivity contribution in [1.29, 1.82) is 0 Å². The second-order valence-corrected chi connectivity index (χ2v) is 7.94. The number of benzene rings is 2. The molecule has 0 amide bonds. The summed E-state index contributed by atoms with van der Waals surface area (Å²) in [6.07, 6.45) is 0. The molecule has 0 atom stereocenters. The molecule has 3 rings (SSSR count). The van der Waals surface area contributed by atoms with E-state index in [9.17, 15) is 4.79 Å². The summed E-state index contributed by atoms with van der Waals surface area (Å²) in [7, 11) is 0. The molecule has 0 aliphatic rings. The maximum absolute atomic E-state index is 12.8. The van der Waals surface area contributed by atoms with E-state index in [-0.39, 0.29) is 5.43 Å². The molecule has 30 heavy (non-hydrogen) atoms. The number of hydrogen-bond acceptors (Lipinski definition) is 4. The second kappa shape index (κ2) is 9.59. The zero-order valence-electron chi connectivity index (χ0n) is 19.0. The maximum Gasteiger partial charge on any atom is 0.195 e. The van der Waals surface area contributed by atoms with Crippen molar-refractivity contribution in [3.8, 4) is 28.0 Å². The molecule has 0 saturated carbocycles. The average Bonchev–Trinajstić information content (AvgIpc) is 3.29. The minimum atomic E-state index is 0.160. The molecule has 0 aliphatic heterocycles. The zero-order chi connectivity index (χ0) is 21.8. The van der Waals surface area contributed by atoms with Crippen molar-refractivity contribution in [3.63, 3.8) is 0 Å². The molecular weight excluding hydrogens is 376 g/mol. The van der Waals surface area contributed by atoms with Crippen LogP contribution in [0.1, 0.15) is 34.7 Å². The summed E-state index contributed by atoms with van der Waals surface area (Å²) in [5.74, 6) is 0.806. The van der Waals surface area contributed by atoms with Gasteiger partial charge in [-0.1, -0.05) is 17.7 Å². The van der Waals surface area contributed by atoms with E-state index in [4.69, 9.17) is 14.2 Å². The normalized spacial score (nSPS) is 11.4. The van der Waals surface area contributed by atoms with Gasteiger partial charge in [-0.2, -0.15) is 0 Å². The van der Waals surface area contributed by atoms with Crippen molar-refractivity contribution in [3.05, 3.63) is 62.3 Å². The molecule has 0 saturated heterocycles. The molecular formula is C26H32O4. The van der Waals surface area contributed by atoms with Gasteiger partial charge in [0.25, 0.3) is 0 Å². The van der Waals surface area contributed by atoms with Crippen LogP contribution in [0, 0.1) is 34.6 Å². The van der Waals surface area contributed by atoms with E-state index in [1.807, 2.05) is 32.9 Å². The van der Waals surface area contributed by atoms with Crippen LogP contribution in [0.15, 0.2) is 29.1 Å². The number of aryl methyl sites for hydroxylation is 5. The Labute approximate surface area is 179 Å². The Kier molecular flexibility index (Phi) is 7.11. The van der Waals surface area contributed by atoms with Crippen molar-refractivity contribution < 1.29 is 14.2 Å². The largest absolute Gasteiger partial charge is 0.491 e. The van der Waals surface area contributed by atoms with Gasteiger partial charge >= 0.3 is 0 Å². The van der Waals surface area contributed by atoms with Gasteiger partial charge in [0.1, 0.15) is 12.4 Å². The van der Waals surface area contributed by atoms with Crippen LogP contribution in [0.25, 0.3) is 22.3 Å². The Morgan fingerprint density at radius 2 is 1.10 bits per heavy atom. The first-order valence-electron chi connectivity index (χ1n) is 10.6. The highest BCUT2D eigenvalue weighted by Gasteiger charge is 2.30. The van der Waals surface area contributed by atoms with E-state index in [1.54, 1.807) is 0 Å². The van der Waals surface area contributed by atoms with Crippen LogP contribution < -0.4 is 10.2 Å². The van der Waals surface area contributed by atoms with Gasteiger partial charge in [-0.05, 0) is 87.1 Å². The first-order valence-corrected chi connectivity index (χ1v) is 10.6. The first-order chi connectivity index (χ1) is 14.3. The maximum atomic E-state index is 12.8. The molecule has 0 radical (unpaired) electrons. The molecule has 0 aliphatic carbocycles. The van der Waals surface area contributed by atoms with Gasteiger partial charge in [0.05, 0.1) is 19.8 Å². The summed E-state index contributed by atoms with van der Waals surface area (Å²) >= 11 is 0. The SMILES string of the molecule is CCOCCOCCOc1cc(C)c(-c2c(-c3c(C)cc(C)cc3C)c2=O)c(C)c1. The van der Waals surface area contributed by atoms with E-state index in [0.717, 1.165) is 50.3 Å². The van der Waals surface area contributed by atoms with Crippen molar-refractivity contribution in [2.45, 2.75) is 41.5 Å². The molecule has 3 aromatic carbocycles. The van der Waals surface area contributed by atoms with Crippen LogP contribution in [0.5, 0.6) is 5.75 Å². The van der Waals surface area contributed by atoms with Crippen LogP contribution in [0.3, 0.4) is 0 Å². The topological polar surface area (TPSA) is 44.8 Å². The molecule has 0 bridgehead atoms. The predicted octanol–water partition coefficient (Wildman–Crippen LogP) is 5.23. The summed E-state index contributed by atoms with van der Waals surface area (Å²) in [4.78, 5) is 12.8. The Balaban J connectivity index is 1.73. The summed E-state index contributed by atoms with van der Waals surface area (Å²) in [6, 6.07) is 8.30. The lowest BCUT2D eigenvalue weighted by atomic mass is 9.95. The zero-order valence-corrected chi connectivity index (χ0v) is 19.0. The predicted molar refractivity (Wildman–Crippen MR) is 122 cm³/mol. The Bertz CT molecular complexity index is 992. The Hall–Kier alpha value is -2.43. The van der Waals surface area contributed by atoms with E-state index in [2.05, 4.69) is 32.9 Å². The molecule has 0 N–H and O–H groups in total. The highest BCUT2D eigenvalue weighted by atomic mass is 16.5. The van der Waals surface area contributed by atoms with Crippen LogP contribution in [0.4, 0.5) is 0 Å². The third kappa shape index (κ3) is 4.82. The van der Waals surface area contributed by atoms with Gasteiger partial charge in [0.2, 0.25) is 0 Å². The van der Waals surface area contributed by atoms with Crippen molar-refractivity contribution in [1.82, 2.24) is 0 Å². The van der Waals surface area contributed by atoms with E-state index in [1.165, 1.54) is 5.56 Å². The molecule has 4 nitrogen and oxygen atoms in total. The van der Waals surface area contributed by atoms with Crippen molar-refractivity contribution >= 4 is 0 Å². The highest BCUT2D eigenvalue weighted by molar-refractivity contribution is 5.98. The van der Waals surface area contributed by atoms with E-state index < -0.39 is 0 Å². The second-order valence-electron chi connectivity index (χ2n) is 7.94. The molecule has 160 valence electrons. The lowest BCUT2D eigenvalue weighted by Crippen LogP contribution is -2.11.